The minimum absolute atomic E-state index is 0.311. The Morgan fingerprint density at radius 1 is 1.09 bits per heavy atom. The van der Waals surface area contributed by atoms with Gasteiger partial charge in [0.05, 0.1) is 16.1 Å². The number of benzene rings is 2. The van der Waals surface area contributed by atoms with Crippen LogP contribution in [0.4, 0.5) is 5.69 Å². The molecule has 2 aromatic carbocycles. The second-order valence-corrected chi connectivity index (χ2v) is 5.27. The van der Waals surface area contributed by atoms with Crippen molar-refractivity contribution in [2.45, 2.75) is 6.92 Å². The summed E-state index contributed by atoms with van der Waals surface area (Å²) in [4.78, 5) is 14.8. The van der Waals surface area contributed by atoms with Gasteiger partial charge in [0, 0.05) is 11.5 Å². The lowest BCUT2D eigenvalue weighted by atomic mass is 10.1. The van der Waals surface area contributed by atoms with E-state index >= 15 is 0 Å². The Labute approximate surface area is 132 Å². The quantitative estimate of drug-likeness (QED) is 0.577. The number of aryl methyl sites for hydroxylation is 1. The molecule has 3 aromatic rings. The highest BCUT2D eigenvalue weighted by Gasteiger charge is 2.12. The number of hydrogen-bond acceptors (Lipinski definition) is 4. The smallest absolute Gasteiger partial charge is 0.311 e. The van der Waals surface area contributed by atoms with Crippen LogP contribution >= 0.6 is 0 Å². The van der Waals surface area contributed by atoms with E-state index in [9.17, 15) is 15.2 Å². The van der Waals surface area contributed by atoms with Gasteiger partial charge in [0.2, 0.25) is 0 Å². The summed E-state index contributed by atoms with van der Waals surface area (Å²) in [6, 6.07) is 14.2. The summed E-state index contributed by atoms with van der Waals surface area (Å²) in [6.45, 7) is 2.03. The largest absolute Gasteiger partial charge is 0.502 e. The van der Waals surface area contributed by atoms with E-state index in [1.807, 2.05) is 31.2 Å². The van der Waals surface area contributed by atoms with E-state index in [1.165, 1.54) is 17.7 Å². The number of aromatic hydroxyl groups is 1. The van der Waals surface area contributed by atoms with E-state index in [4.69, 9.17) is 0 Å². The van der Waals surface area contributed by atoms with Crippen molar-refractivity contribution in [3.8, 4) is 5.75 Å². The zero-order chi connectivity index (χ0) is 16.4. The number of nitro groups is 1. The maximum absolute atomic E-state index is 10.8. The summed E-state index contributed by atoms with van der Waals surface area (Å²) in [7, 11) is 0. The molecule has 5 heteroatoms. The number of phenols is 1. The predicted molar refractivity (Wildman–Crippen MR) is 90.2 cm³/mol. The minimum atomic E-state index is -0.608. The van der Waals surface area contributed by atoms with Gasteiger partial charge in [-0.05, 0) is 42.8 Å². The number of nitro benzene ring substituents is 1. The van der Waals surface area contributed by atoms with Crippen LogP contribution in [0.2, 0.25) is 0 Å². The number of nitrogens with zero attached hydrogens (tertiary/aromatic N) is 2. The Kier molecular flexibility index (Phi) is 3.76. The van der Waals surface area contributed by atoms with Crippen LogP contribution in [0.3, 0.4) is 0 Å². The van der Waals surface area contributed by atoms with Crippen LogP contribution in [0.25, 0.3) is 23.1 Å². The van der Waals surface area contributed by atoms with E-state index in [2.05, 4.69) is 11.1 Å². The normalized spacial score (nSPS) is 11.2. The first-order valence-corrected chi connectivity index (χ1v) is 7.06. The van der Waals surface area contributed by atoms with Crippen LogP contribution in [0, 0.1) is 17.0 Å². The Bertz CT molecular complexity index is 933. The molecule has 5 nitrogen and oxygen atoms in total. The number of rotatable bonds is 3. The number of fused-ring (bicyclic) bond motifs is 1. The van der Waals surface area contributed by atoms with Gasteiger partial charge in [-0.3, -0.25) is 10.1 Å². The number of pyridine rings is 1. The highest BCUT2D eigenvalue weighted by Crippen LogP contribution is 2.27. The molecular weight excluding hydrogens is 292 g/mol. The molecule has 0 spiro atoms. The standard InChI is InChI=1S/C18H14N2O3/c1-12-2-8-16-14(10-12)5-7-15(19-16)6-3-13-4-9-18(21)17(11-13)20(22)23/h2-11,21H,1H3/b6-3-. The Morgan fingerprint density at radius 3 is 2.70 bits per heavy atom. The molecule has 0 unspecified atom stereocenters. The average molecular weight is 306 g/mol. The Balaban J connectivity index is 1.92. The average Bonchev–Trinajstić information content (AvgIpc) is 2.53. The lowest BCUT2D eigenvalue weighted by molar-refractivity contribution is -0.385. The van der Waals surface area contributed by atoms with Gasteiger partial charge in [-0.25, -0.2) is 4.98 Å². The van der Waals surface area contributed by atoms with Gasteiger partial charge in [0.15, 0.2) is 5.75 Å². The zero-order valence-corrected chi connectivity index (χ0v) is 12.4. The minimum Gasteiger partial charge on any atom is -0.502 e. The van der Waals surface area contributed by atoms with Crippen LogP contribution < -0.4 is 0 Å². The molecule has 0 saturated heterocycles. The third-order valence-corrected chi connectivity index (χ3v) is 3.51. The summed E-state index contributed by atoms with van der Waals surface area (Å²) in [5.74, 6) is -0.341. The molecule has 0 amide bonds. The summed E-state index contributed by atoms with van der Waals surface area (Å²) >= 11 is 0. The van der Waals surface area contributed by atoms with E-state index in [0.717, 1.165) is 16.6 Å². The van der Waals surface area contributed by atoms with Crippen LogP contribution in [0.1, 0.15) is 16.8 Å². The fourth-order valence-electron chi connectivity index (χ4n) is 2.33. The van der Waals surface area contributed by atoms with Gasteiger partial charge in [0.25, 0.3) is 0 Å². The molecule has 0 aliphatic rings. The van der Waals surface area contributed by atoms with Gasteiger partial charge in [0.1, 0.15) is 0 Å². The number of hydrogen-bond donors (Lipinski definition) is 1. The lowest BCUT2D eigenvalue weighted by Crippen LogP contribution is -1.89. The molecule has 1 N–H and O–H groups in total. The second kappa shape index (κ2) is 5.88. The van der Waals surface area contributed by atoms with E-state index in [1.54, 1.807) is 18.2 Å². The molecule has 0 saturated carbocycles. The third-order valence-electron chi connectivity index (χ3n) is 3.51. The van der Waals surface area contributed by atoms with Gasteiger partial charge in [-0.2, -0.15) is 0 Å². The van der Waals surface area contributed by atoms with E-state index < -0.39 is 4.92 Å². The molecule has 1 aromatic heterocycles. The Morgan fingerprint density at radius 2 is 1.91 bits per heavy atom. The fourth-order valence-corrected chi connectivity index (χ4v) is 2.33. The fraction of sp³-hybridized carbons (Fsp3) is 0.0556. The van der Waals surface area contributed by atoms with Crippen molar-refractivity contribution in [2.24, 2.45) is 0 Å². The molecule has 0 radical (unpaired) electrons. The zero-order valence-electron chi connectivity index (χ0n) is 12.4. The summed E-state index contributed by atoms with van der Waals surface area (Å²) in [6.07, 6.45) is 3.52. The van der Waals surface area contributed by atoms with Crippen LogP contribution in [-0.4, -0.2) is 15.0 Å². The lowest BCUT2D eigenvalue weighted by Gasteiger charge is -2.01. The van der Waals surface area contributed by atoms with Crippen molar-refractivity contribution >= 4 is 28.7 Å². The van der Waals surface area contributed by atoms with Crippen molar-refractivity contribution < 1.29 is 10.0 Å². The van der Waals surface area contributed by atoms with Gasteiger partial charge < -0.3 is 5.11 Å². The first kappa shape index (κ1) is 14.7. The third kappa shape index (κ3) is 3.18. The molecule has 0 aliphatic heterocycles. The second-order valence-electron chi connectivity index (χ2n) is 5.27. The molecule has 0 fully saturated rings. The molecular formula is C18H14N2O3. The SMILES string of the molecule is Cc1ccc2nc(/C=C\c3ccc(O)c([N+](=O)[O-])c3)ccc2c1. The predicted octanol–water partition coefficient (Wildman–Crippen LogP) is 4.33. The molecule has 114 valence electrons. The van der Waals surface area contributed by atoms with Crippen molar-refractivity contribution in [1.29, 1.82) is 0 Å². The number of aromatic nitrogens is 1. The highest BCUT2D eigenvalue weighted by atomic mass is 16.6. The Hall–Kier alpha value is -3.21. The van der Waals surface area contributed by atoms with Gasteiger partial charge in [-0.15, -0.1) is 0 Å². The summed E-state index contributed by atoms with van der Waals surface area (Å²) in [5, 5.41) is 21.4. The van der Waals surface area contributed by atoms with Gasteiger partial charge >= 0.3 is 5.69 Å². The van der Waals surface area contributed by atoms with Crippen LogP contribution in [-0.2, 0) is 0 Å². The molecule has 3 rings (SSSR count). The monoisotopic (exact) mass is 306 g/mol. The van der Waals surface area contributed by atoms with E-state index in [0.29, 0.717) is 5.56 Å². The summed E-state index contributed by atoms with van der Waals surface area (Å²) < 4.78 is 0. The molecule has 23 heavy (non-hydrogen) atoms. The van der Waals surface area contributed by atoms with E-state index in [-0.39, 0.29) is 11.4 Å². The first-order valence-electron chi connectivity index (χ1n) is 7.06. The topological polar surface area (TPSA) is 76.3 Å². The van der Waals surface area contributed by atoms with Crippen molar-refractivity contribution in [1.82, 2.24) is 4.98 Å². The molecule has 0 bridgehead atoms. The molecule has 1 heterocycles. The number of phenolic OH excluding ortho intramolecular Hbond substituents is 1. The van der Waals surface area contributed by atoms with Crippen LogP contribution in [0.15, 0.2) is 48.5 Å². The van der Waals surface area contributed by atoms with Crippen molar-refractivity contribution in [3.05, 3.63) is 75.5 Å². The van der Waals surface area contributed by atoms with Crippen LogP contribution in [0.5, 0.6) is 5.75 Å². The van der Waals surface area contributed by atoms with Gasteiger partial charge in [-0.1, -0.05) is 29.8 Å². The van der Waals surface area contributed by atoms with Crippen molar-refractivity contribution in [2.75, 3.05) is 0 Å². The maximum Gasteiger partial charge on any atom is 0.311 e. The molecule has 0 aliphatic carbocycles. The first-order chi connectivity index (χ1) is 11.0. The summed E-state index contributed by atoms with van der Waals surface area (Å²) in [5.41, 5.74) is 3.15. The molecule has 0 atom stereocenters. The van der Waals surface area contributed by atoms with Crippen molar-refractivity contribution in [3.63, 3.8) is 0 Å². The maximum atomic E-state index is 10.8. The highest BCUT2D eigenvalue weighted by molar-refractivity contribution is 5.81.